The quantitative estimate of drug-likeness (QED) is 0.875. The van der Waals surface area contributed by atoms with Gasteiger partial charge in [-0.3, -0.25) is 4.79 Å². The summed E-state index contributed by atoms with van der Waals surface area (Å²) in [5, 5.41) is 0. The molecule has 1 aromatic heterocycles. The lowest BCUT2D eigenvalue weighted by Crippen LogP contribution is -2.49. The van der Waals surface area contributed by atoms with E-state index in [-0.39, 0.29) is 30.4 Å². The number of carbonyl (C=O) groups excluding carboxylic acids is 1. The number of halogens is 2. The standard InChI is InChI=1S/C15H24BrN3O.ClH/c1-10(2)19-9-12(16)7-14(19)15(20)18-5-4-11(3)6-13(18)8-17;/h7,9-11,13H,4-6,8,17H2,1-3H3;1H. The third-order valence-corrected chi connectivity index (χ3v) is 4.54. The normalized spacial score (nSPS) is 22.3. The number of aromatic nitrogens is 1. The van der Waals surface area contributed by atoms with Crippen molar-refractivity contribution in [1.82, 2.24) is 9.47 Å². The van der Waals surface area contributed by atoms with E-state index in [4.69, 9.17) is 5.73 Å². The first-order valence-corrected chi connectivity index (χ1v) is 8.11. The van der Waals surface area contributed by atoms with Crippen molar-refractivity contribution in [2.75, 3.05) is 13.1 Å². The van der Waals surface area contributed by atoms with Gasteiger partial charge in [0.05, 0.1) is 0 Å². The maximum Gasteiger partial charge on any atom is 0.270 e. The third kappa shape index (κ3) is 4.02. The number of piperidine rings is 1. The molecule has 1 amide bonds. The van der Waals surface area contributed by atoms with Crippen LogP contribution < -0.4 is 5.73 Å². The first-order valence-electron chi connectivity index (χ1n) is 7.32. The summed E-state index contributed by atoms with van der Waals surface area (Å²) < 4.78 is 2.97. The van der Waals surface area contributed by atoms with Crippen LogP contribution in [0.15, 0.2) is 16.7 Å². The van der Waals surface area contributed by atoms with Crippen LogP contribution in [0.25, 0.3) is 0 Å². The van der Waals surface area contributed by atoms with Gasteiger partial charge in [-0.2, -0.15) is 0 Å². The number of hydrogen-bond acceptors (Lipinski definition) is 2. The number of amides is 1. The van der Waals surface area contributed by atoms with E-state index in [1.54, 1.807) is 0 Å². The van der Waals surface area contributed by atoms with Crippen molar-refractivity contribution in [3.05, 3.63) is 22.4 Å². The Hall–Kier alpha value is -0.520. The summed E-state index contributed by atoms with van der Waals surface area (Å²) >= 11 is 3.47. The van der Waals surface area contributed by atoms with E-state index in [0.29, 0.717) is 12.5 Å². The first kappa shape index (κ1) is 18.5. The smallest absolute Gasteiger partial charge is 0.270 e. The Labute approximate surface area is 141 Å². The van der Waals surface area contributed by atoms with Gasteiger partial charge in [-0.15, -0.1) is 12.4 Å². The number of carbonyl (C=O) groups is 1. The maximum absolute atomic E-state index is 12.8. The van der Waals surface area contributed by atoms with Crippen molar-refractivity contribution in [2.24, 2.45) is 11.7 Å². The molecule has 0 aliphatic carbocycles. The second-order valence-corrected chi connectivity index (χ2v) is 6.98. The van der Waals surface area contributed by atoms with Gasteiger partial charge >= 0.3 is 0 Å². The van der Waals surface area contributed by atoms with Gasteiger partial charge in [0.15, 0.2) is 0 Å². The molecule has 21 heavy (non-hydrogen) atoms. The highest BCUT2D eigenvalue weighted by Crippen LogP contribution is 2.26. The van der Waals surface area contributed by atoms with Crippen molar-refractivity contribution in [1.29, 1.82) is 0 Å². The molecular weight excluding hydrogens is 354 g/mol. The molecule has 0 bridgehead atoms. The Bertz CT molecular complexity index is 489. The van der Waals surface area contributed by atoms with Crippen LogP contribution >= 0.6 is 28.3 Å². The van der Waals surface area contributed by atoms with E-state index < -0.39 is 0 Å². The summed E-state index contributed by atoms with van der Waals surface area (Å²) in [5.74, 6) is 0.753. The Balaban J connectivity index is 0.00000220. The molecule has 0 spiro atoms. The van der Waals surface area contributed by atoms with Crippen LogP contribution in [0.1, 0.15) is 50.1 Å². The number of rotatable bonds is 3. The summed E-state index contributed by atoms with van der Waals surface area (Å²) in [7, 11) is 0. The Morgan fingerprint density at radius 1 is 1.52 bits per heavy atom. The van der Waals surface area contributed by atoms with E-state index in [0.717, 1.165) is 29.6 Å². The van der Waals surface area contributed by atoms with Crippen LogP contribution in [-0.2, 0) is 0 Å². The minimum Gasteiger partial charge on any atom is -0.340 e. The average Bonchev–Trinajstić information content (AvgIpc) is 2.80. The second-order valence-electron chi connectivity index (χ2n) is 6.06. The SMILES string of the molecule is CC1CCN(C(=O)c2cc(Br)cn2C(C)C)C(CN)C1.Cl. The molecule has 6 heteroatoms. The Morgan fingerprint density at radius 2 is 2.19 bits per heavy atom. The fourth-order valence-corrected chi connectivity index (χ4v) is 3.37. The number of nitrogens with two attached hydrogens (primary N) is 1. The fraction of sp³-hybridized carbons (Fsp3) is 0.667. The van der Waals surface area contributed by atoms with E-state index >= 15 is 0 Å². The van der Waals surface area contributed by atoms with Gasteiger partial charge in [-0.25, -0.2) is 0 Å². The Morgan fingerprint density at radius 3 is 2.76 bits per heavy atom. The summed E-state index contributed by atoms with van der Waals surface area (Å²) in [6, 6.07) is 2.34. The topological polar surface area (TPSA) is 51.3 Å². The third-order valence-electron chi connectivity index (χ3n) is 4.10. The van der Waals surface area contributed by atoms with Gasteiger partial charge < -0.3 is 15.2 Å². The monoisotopic (exact) mass is 377 g/mol. The molecule has 120 valence electrons. The van der Waals surface area contributed by atoms with Crippen molar-refractivity contribution in [3.63, 3.8) is 0 Å². The van der Waals surface area contributed by atoms with Crippen LogP contribution in [-0.4, -0.2) is 34.5 Å². The predicted molar refractivity (Wildman–Crippen MR) is 92.0 cm³/mol. The second kappa shape index (κ2) is 7.65. The zero-order chi connectivity index (χ0) is 14.9. The van der Waals surface area contributed by atoms with Gasteiger partial charge in [-0.05, 0) is 54.6 Å². The van der Waals surface area contributed by atoms with Gasteiger partial charge in [0.25, 0.3) is 5.91 Å². The molecule has 1 aliphatic rings. The van der Waals surface area contributed by atoms with E-state index in [9.17, 15) is 4.79 Å². The van der Waals surface area contributed by atoms with Crippen LogP contribution in [0.5, 0.6) is 0 Å². The zero-order valence-electron chi connectivity index (χ0n) is 12.9. The molecule has 4 nitrogen and oxygen atoms in total. The lowest BCUT2D eigenvalue weighted by molar-refractivity contribution is 0.0561. The van der Waals surface area contributed by atoms with E-state index in [1.807, 2.05) is 21.7 Å². The van der Waals surface area contributed by atoms with Gasteiger partial charge in [-0.1, -0.05) is 6.92 Å². The van der Waals surface area contributed by atoms with Gasteiger partial charge in [0.1, 0.15) is 5.69 Å². The number of nitrogens with zero attached hydrogens (tertiary/aromatic N) is 2. The molecule has 2 unspecified atom stereocenters. The largest absolute Gasteiger partial charge is 0.340 e. The highest BCUT2D eigenvalue weighted by atomic mass is 79.9. The van der Waals surface area contributed by atoms with Crippen LogP contribution in [0.4, 0.5) is 0 Å². The lowest BCUT2D eigenvalue weighted by atomic mass is 9.92. The summed E-state index contributed by atoms with van der Waals surface area (Å²) in [4.78, 5) is 14.8. The van der Waals surface area contributed by atoms with Gasteiger partial charge in [0, 0.05) is 35.8 Å². The Kier molecular flexibility index (Phi) is 6.75. The maximum atomic E-state index is 12.8. The van der Waals surface area contributed by atoms with Crippen molar-refractivity contribution >= 4 is 34.2 Å². The minimum absolute atomic E-state index is 0. The van der Waals surface area contributed by atoms with E-state index in [1.165, 1.54) is 0 Å². The highest BCUT2D eigenvalue weighted by molar-refractivity contribution is 9.10. The molecule has 0 radical (unpaired) electrons. The summed E-state index contributed by atoms with van der Waals surface area (Å²) in [6.45, 7) is 7.75. The molecular formula is C15H25BrClN3O. The van der Waals surface area contributed by atoms with Crippen molar-refractivity contribution in [2.45, 2.75) is 45.7 Å². The zero-order valence-corrected chi connectivity index (χ0v) is 15.3. The summed E-state index contributed by atoms with van der Waals surface area (Å²) in [6.07, 6.45) is 4.04. The molecule has 1 aliphatic heterocycles. The van der Waals surface area contributed by atoms with E-state index in [2.05, 4.69) is 36.7 Å². The molecule has 2 atom stereocenters. The molecule has 2 heterocycles. The molecule has 0 aromatic carbocycles. The van der Waals surface area contributed by atoms with Crippen molar-refractivity contribution in [3.8, 4) is 0 Å². The number of hydrogen-bond donors (Lipinski definition) is 1. The first-order chi connectivity index (χ1) is 9.43. The van der Waals surface area contributed by atoms with Crippen LogP contribution in [0.3, 0.4) is 0 Å². The van der Waals surface area contributed by atoms with Crippen LogP contribution in [0, 0.1) is 5.92 Å². The van der Waals surface area contributed by atoms with Gasteiger partial charge in [0.2, 0.25) is 0 Å². The number of likely N-dealkylation sites (tertiary alicyclic amines) is 1. The average molecular weight is 379 g/mol. The molecule has 2 rings (SSSR count). The molecule has 1 aromatic rings. The minimum atomic E-state index is 0. The fourth-order valence-electron chi connectivity index (χ4n) is 2.93. The molecule has 0 saturated carbocycles. The van der Waals surface area contributed by atoms with Crippen LogP contribution in [0.2, 0.25) is 0 Å². The molecule has 1 fully saturated rings. The molecule has 2 N–H and O–H groups in total. The summed E-state index contributed by atoms with van der Waals surface area (Å²) in [5.41, 5.74) is 6.61. The molecule has 1 saturated heterocycles. The predicted octanol–water partition coefficient (Wildman–Crippen LogP) is 3.45. The highest BCUT2D eigenvalue weighted by Gasteiger charge is 2.31. The lowest BCUT2D eigenvalue weighted by Gasteiger charge is -2.38. The van der Waals surface area contributed by atoms with Crippen molar-refractivity contribution < 1.29 is 4.79 Å².